The molecule has 1 N–H and O–H groups in total. The summed E-state index contributed by atoms with van der Waals surface area (Å²) < 4.78 is 59.1. The molecule has 0 atom stereocenters. The smallest absolute Gasteiger partial charge is 0.416 e. The third-order valence-electron chi connectivity index (χ3n) is 5.54. The number of hydrogen-bond acceptors (Lipinski definition) is 5. The lowest BCUT2D eigenvalue weighted by Gasteiger charge is -2.11. The highest BCUT2D eigenvalue weighted by Crippen LogP contribution is 2.31. The van der Waals surface area contributed by atoms with Gasteiger partial charge in [-0.1, -0.05) is 6.07 Å². The summed E-state index contributed by atoms with van der Waals surface area (Å²) in [4.78, 5) is 25.8. The lowest BCUT2D eigenvalue weighted by atomic mass is 10.1. The first-order chi connectivity index (χ1) is 18.1. The molecule has 0 unspecified atom stereocenters. The number of pyridine rings is 1. The predicted octanol–water partition coefficient (Wildman–Crippen LogP) is 7.20. The number of aryl methyl sites for hydroxylation is 1. The molecule has 2 aromatic heterocycles. The highest BCUT2D eigenvalue weighted by atomic mass is 19.4. The van der Waals surface area contributed by atoms with Crippen molar-refractivity contribution in [1.29, 1.82) is 0 Å². The fraction of sp³-hybridized carbons (Fsp3) is 0.0714. The van der Waals surface area contributed by atoms with Crippen LogP contribution in [0.15, 0.2) is 85.2 Å². The fourth-order valence-corrected chi connectivity index (χ4v) is 3.68. The summed E-state index contributed by atoms with van der Waals surface area (Å²) in [6.45, 7) is 1.88. The summed E-state index contributed by atoms with van der Waals surface area (Å²) in [7, 11) is 0. The number of anilines is 1. The SMILES string of the molecule is Cc1ccc(-c2cnc3ccc(Oc4cc(F)cc(NC(=O)c5cccc(C(F)(F)F)c5)c4)cc3n2)cn1. The Hall–Kier alpha value is -4.86. The molecule has 0 aliphatic carbocycles. The molecule has 0 saturated heterocycles. The van der Waals surface area contributed by atoms with E-state index in [1.54, 1.807) is 30.6 Å². The van der Waals surface area contributed by atoms with E-state index in [9.17, 15) is 22.4 Å². The number of ether oxygens (including phenoxy) is 1. The minimum atomic E-state index is -4.60. The van der Waals surface area contributed by atoms with Gasteiger partial charge in [-0.3, -0.25) is 14.8 Å². The van der Waals surface area contributed by atoms with Crippen LogP contribution in [0.1, 0.15) is 21.6 Å². The molecule has 0 spiro atoms. The second-order valence-corrected chi connectivity index (χ2v) is 8.40. The van der Waals surface area contributed by atoms with Gasteiger partial charge in [-0.15, -0.1) is 0 Å². The first-order valence-corrected chi connectivity index (χ1v) is 11.3. The predicted molar refractivity (Wildman–Crippen MR) is 133 cm³/mol. The minimum Gasteiger partial charge on any atom is -0.457 e. The molecule has 5 aromatic rings. The molecule has 38 heavy (non-hydrogen) atoms. The number of benzene rings is 3. The van der Waals surface area contributed by atoms with Crippen molar-refractivity contribution in [1.82, 2.24) is 15.0 Å². The lowest BCUT2D eigenvalue weighted by molar-refractivity contribution is -0.137. The second kappa shape index (κ2) is 9.89. The highest BCUT2D eigenvalue weighted by molar-refractivity contribution is 6.04. The summed E-state index contributed by atoms with van der Waals surface area (Å²) >= 11 is 0. The summed E-state index contributed by atoms with van der Waals surface area (Å²) in [5.41, 5.74) is 2.27. The molecule has 0 saturated carbocycles. The Kier molecular flexibility index (Phi) is 6.46. The van der Waals surface area contributed by atoms with Gasteiger partial charge in [0.15, 0.2) is 0 Å². The van der Waals surface area contributed by atoms with Crippen LogP contribution in [0.3, 0.4) is 0 Å². The Morgan fingerprint density at radius 2 is 1.71 bits per heavy atom. The molecular weight excluding hydrogens is 500 g/mol. The topological polar surface area (TPSA) is 77.0 Å². The maximum atomic E-state index is 14.3. The standard InChI is InChI=1S/C28H18F4N4O2/c1-16-5-6-18(14-33-16)26-15-34-24-8-7-22(13-25(24)36-26)38-23-11-20(29)10-21(12-23)35-27(37)17-3-2-4-19(9-17)28(30,31)32/h2-15H,1H3,(H,35,37). The van der Waals surface area contributed by atoms with Gasteiger partial charge in [0.25, 0.3) is 5.91 Å². The van der Waals surface area contributed by atoms with Gasteiger partial charge in [0.2, 0.25) is 0 Å². The highest BCUT2D eigenvalue weighted by Gasteiger charge is 2.30. The number of amides is 1. The Morgan fingerprint density at radius 3 is 2.47 bits per heavy atom. The van der Waals surface area contributed by atoms with E-state index in [0.29, 0.717) is 22.5 Å². The van der Waals surface area contributed by atoms with Crippen molar-refractivity contribution in [2.75, 3.05) is 5.32 Å². The zero-order chi connectivity index (χ0) is 26.9. The van der Waals surface area contributed by atoms with Gasteiger partial charge < -0.3 is 10.1 Å². The third-order valence-corrected chi connectivity index (χ3v) is 5.54. The molecule has 5 rings (SSSR count). The van der Waals surface area contributed by atoms with E-state index in [1.807, 2.05) is 19.1 Å². The van der Waals surface area contributed by atoms with E-state index in [0.717, 1.165) is 41.6 Å². The van der Waals surface area contributed by atoms with Gasteiger partial charge in [0, 0.05) is 46.9 Å². The van der Waals surface area contributed by atoms with E-state index in [2.05, 4.69) is 20.3 Å². The number of fused-ring (bicyclic) bond motifs is 1. The molecule has 0 fully saturated rings. The minimum absolute atomic E-state index is 0.0112. The molecule has 190 valence electrons. The number of rotatable bonds is 5. The van der Waals surface area contributed by atoms with E-state index in [-0.39, 0.29) is 17.0 Å². The number of halogens is 4. The number of nitrogens with one attached hydrogen (secondary N) is 1. The Labute approximate surface area is 214 Å². The van der Waals surface area contributed by atoms with Crippen LogP contribution < -0.4 is 10.1 Å². The largest absolute Gasteiger partial charge is 0.457 e. The molecule has 3 aromatic carbocycles. The average molecular weight is 518 g/mol. The van der Waals surface area contributed by atoms with Gasteiger partial charge in [-0.05, 0) is 55.5 Å². The third kappa shape index (κ3) is 5.59. The van der Waals surface area contributed by atoms with Crippen LogP contribution in [0.4, 0.5) is 23.2 Å². The second-order valence-electron chi connectivity index (χ2n) is 8.40. The van der Waals surface area contributed by atoms with Gasteiger partial charge in [0.05, 0.1) is 28.5 Å². The molecule has 1 amide bonds. The van der Waals surface area contributed by atoms with Crippen molar-refractivity contribution in [3.63, 3.8) is 0 Å². The van der Waals surface area contributed by atoms with Crippen molar-refractivity contribution >= 4 is 22.6 Å². The maximum absolute atomic E-state index is 14.3. The van der Waals surface area contributed by atoms with Crippen molar-refractivity contribution in [2.45, 2.75) is 13.1 Å². The van der Waals surface area contributed by atoms with E-state index in [1.165, 1.54) is 12.1 Å². The number of nitrogens with zero attached hydrogens (tertiary/aromatic N) is 3. The van der Waals surface area contributed by atoms with Gasteiger partial charge in [-0.25, -0.2) is 9.37 Å². The quantitative estimate of drug-likeness (QED) is 0.249. The van der Waals surface area contributed by atoms with Gasteiger partial charge in [0.1, 0.15) is 17.3 Å². The van der Waals surface area contributed by atoms with Crippen LogP contribution in [0.5, 0.6) is 11.5 Å². The van der Waals surface area contributed by atoms with Gasteiger partial charge >= 0.3 is 6.18 Å². The van der Waals surface area contributed by atoms with Crippen LogP contribution in [0.25, 0.3) is 22.3 Å². The Balaban J connectivity index is 1.37. The molecule has 0 aliphatic heterocycles. The Morgan fingerprint density at radius 1 is 0.868 bits per heavy atom. The molecule has 6 nitrogen and oxygen atoms in total. The number of carbonyl (C=O) groups is 1. The lowest BCUT2D eigenvalue weighted by Crippen LogP contribution is -2.14. The van der Waals surface area contributed by atoms with Crippen molar-refractivity contribution in [2.24, 2.45) is 0 Å². The van der Waals surface area contributed by atoms with Crippen molar-refractivity contribution in [3.8, 4) is 22.8 Å². The van der Waals surface area contributed by atoms with E-state index < -0.39 is 23.5 Å². The molecular formula is C28H18F4N4O2. The monoisotopic (exact) mass is 518 g/mol. The summed E-state index contributed by atoms with van der Waals surface area (Å²) in [5.74, 6) is -1.13. The average Bonchev–Trinajstić information content (AvgIpc) is 2.88. The molecule has 2 heterocycles. The maximum Gasteiger partial charge on any atom is 0.416 e. The van der Waals surface area contributed by atoms with Crippen LogP contribution in [-0.2, 0) is 6.18 Å². The summed E-state index contributed by atoms with van der Waals surface area (Å²) in [6.07, 6.45) is -1.26. The van der Waals surface area contributed by atoms with Crippen molar-refractivity contribution < 1.29 is 27.1 Å². The number of alkyl halides is 3. The van der Waals surface area contributed by atoms with E-state index >= 15 is 0 Å². The molecule has 0 aliphatic rings. The first kappa shape index (κ1) is 24.8. The summed E-state index contributed by atoms with van der Waals surface area (Å²) in [5, 5.41) is 2.41. The first-order valence-electron chi connectivity index (χ1n) is 11.3. The van der Waals surface area contributed by atoms with Crippen LogP contribution >= 0.6 is 0 Å². The molecule has 10 heteroatoms. The van der Waals surface area contributed by atoms with E-state index in [4.69, 9.17) is 4.74 Å². The fourth-order valence-electron chi connectivity index (χ4n) is 3.68. The number of hydrogen-bond donors (Lipinski definition) is 1. The van der Waals surface area contributed by atoms with Gasteiger partial charge in [-0.2, -0.15) is 13.2 Å². The van der Waals surface area contributed by atoms with Crippen LogP contribution in [-0.4, -0.2) is 20.9 Å². The van der Waals surface area contributed by atoms with Crippen LogP contribution in [0, 0.1) is 12.7 Å². The number of aromatic nitrogens is 3. The molecule has 0 bridgehead atoms. The number of carbonyl (C=O) groups excluding carboxylic acids is 1. The normalized spacial score (nSPS) is 11.4. The van der Waals surface area contributed by atoms with Crippen LogP contribution in [0.2, 0.25) is 0 Å². The zero-order valence-corrected chi connectivity index (χ0v) is 19.8. The zero-order valence-electron chi connectivity index (χ0n) is 19.8. The van der Waals surface area contributed by atoms with Crippen molar-refractivity contribution in [3.05, 3.63) is 108 Å². The Bertz CT molecular complexity index is 1650. The molecule has 0 radical (unpaired) electrons. The summed E-state index contributed by atoms with van der Waals surface area (Å²) in [6, 6.07) is 16.2.